The molecule has 0 radical (unpaired) electrons. The molecule has 0 aromatic rings. The van der Waals surface area contributed by atoms with E-state index < -0.39 is 0 Å². The standard InChI is InChI=1S/C12H26N2/c1-5-13-7-10(2)8-14(4)9-12-6-11(12)3/h10-13H,5-9H2,1-4H3. The zero-order chi connectivity index (χ0) is 10.6. The summed E-state index contributed by atoms with van der Waals surface area (Å²) in [4.78, 5) is 2.50. The molecule has 0 aliphatic heterocycles. The Morgan fingerprint density at radius 2 is 2.14 bits per heavy atom. The summed E-state index contributed by atoms with van der Waals surface area (Å²) in [5.74, 6) is 2.75. The first kappa shape index (κ1) is 12.0. The Morgan fingerprint density at radius 1 is 1.50 bits per heavy atom. The zero-order valence-corrected chi connectivity index (χ0v) is 10.2. The minimum absolute atomic E-state index is 0.772. The molecule has 0 bridgehead atoms. The maximum atomic E-state index is 3.40. The molecule has 1 rings (SSSR count). The number of nitrogens with zero attached hydrogens (tertiary/aromatic N) is 1. The predicted octanol–water partition coefficient (Wildman–Crippen LogP) is 1.82. The van der Waals surface area contributed by atoms with Crippen LogP contribution in [-0.2, 0) is 0 Å². The van der Waals surface area contributed by atoms with Gasteiger partial charge < -0.3 is 10.2 Å². The number of rotatable bonds is 7. The van der Waals surface area contributed by atoms with Gasteiger partial charge in [-0.1, -0.05) is 20.8 Å². The third-order valence-electron chi connectivity index (χ3n) is 3.19. The molecule has 0 amide bonds. The smallest absolute Gasteiger partial charge is 0.00162 e. The first-order valence-corrected chi connectivity index (χ1v) is 6.02. The van der Waals surface area contributed by atoms with Crippen molar-refractivity contribution in [3.63, 3.8) is 0 Å². The Balaban J connectivity index is 2.03. The maximum Gasteiger partial charge on any atom is 0.00162 e. The molecule has 0 spiro atoms. The molecule has 1 saturated carbocycles. The molecule has 2 nitrogen and oxygen atoms in total. The molecular weight excluding hydrogens is 172 g/mol. The lowest BCUT2D eigenvalue weighted by molar-refractivity contribution is 0.268. The summed E-state index contributed by atoms with van der Waals surface area (Å²) < 4.78 is 0. The molecule has 84 valence electrons. The highest BCUT2D eigenvalue weighted by molar-refractivity contribution is 4.84. The molecule has 14 heavy (non-hydrogen) atoms. The van der Waals surface area contributed by atoms with E-state index in [1.807, 2.05) is 0 Å². The van der Waals surface area contributed by atoms with Crippen LogP contribution in [0, 0.1) is 17.8 Å². The Hall–Kier alpha value is -0.0800. The van der Waals surface area contributed by atoms with Crippen molar-refractivity contribution in [1.29, 1.82) is 0 Å². The zero-order valence-electron chi connectivity index (χ0n) is 10.2. The summed E-state index contributed by atoms with van der Waals surface area (Å²) >= 11 is 0. The summed E-state index contributed by atoms with van der Waals surface area (Å²) in [5, 5.41) is 3.40. The van der Waals surface area contributed by atoms with Crippen LogP contribution in [0.1, 0.15) is 27.2 Å². The molecule has 1 N–H and O–H groups in total. The van der Waals surface area contributed by atoms with E-state index in [2.05, 4.69) is 38.0 Å². The highest BCUT2D eigenvalue weighted by atomic mass is 15.1. The second kappa shape index (κ2) is 5.72. The van der Waals surface area contributed by atoms with E-state index >= 15 is 0 Å². The minimum atomic E-state index is 0.772. The van der Waals surface area contributed by atoms with Crippen molar-refractivity contribution < 1.29 is 0 Å². The van der Waals surface area contributed by atoms with Gasteiger partial charge in [-0.2, -0.15) is 0 Å². The summed E-state index contributed by atoms with van der Waals surface area (Å²) in [5.41, 5.74) is 0. The second-order valence-corrected chi connectivity index (χ2v) is 5.11. The minimum Gasteiger partial charge on any atom is -0.317 e. The first-order chi connectivity index (χ1) is 6.63. The van der Waals surface area contributed by atoms with Crippen LogP contribution in [0.25, 0.3) is 0 Å². The Morgan fingerprint density at radius 3 is 2.64 bits per heavy atom. The molecule has 1 aliphatic rings. The highest BCUT2D eigenvalue weighted by Crippen LogP contribution is 2.37. The molecule has 3 unspecified atom stereocenters. The molecule has 0 aromatic carbocycles. The van der Waals surface area contributed by atoms with Gasteiger partial charge in [0.15, 0.2) is 0 Å². The summed E-state index contributed by atoms with van der Waals surface area (Å²) in [6, 6.07) is 0. The van der Waals surface area contributed by atoms with Gasteiger partial charge >= 0.3 is 0 Å². The molecule has 0 heterocycles. The first-order valence-electron chi connectivity index (χ1n) is 6.02. The van der Waals surface area contributed by atoms with Gasteiger partial charge in [-0.3, -0.25) is 0 Å². The van der Waals surface area contributed by atoms with Crippen LogP contribution >= 0.6 is 0 Å². The molecule has 1 fully saturated rings. The third-order valence-corrected chi connectivity index (χ3v) is 3.19. The van der Waals surface area contributed by atoms with Gasteiger partial charge in [0.25, 0.3) is 0 Å². The predicted molar refractivity (Wildman–Crippen MR) is 62.5 cm³/mol. The molecule has 0 saturated heterocycles. The SMILES string of the molecule is CCNCC(C)CN(C)CC1CC1C. The number of hydrogen-bond donors (Lipinski definition) is 1. The monoisotopic (exact) mass is 198 g/mol. The van der Waals surface area contributed by atoms with Crippen LogP contribution in [0.3, 0.4) is 0 Å². The fourth-order valence-corrected chi connectivity index (χ4v) is 2.12. The maximum absolute atomic E-state index is 3.40. The lowest BCUT2D eigenvalue weighted by Crippen LogP contribution is -2.32. The summed E-state index contributed by atoms with van der Waals surface area (Å²) in [6.45, 7) is 11.6. The van der Waals surface area contributed by atoms with Crippen LogP contribution < -0.4 is 5.32 Å². The van der Waals surface area contributed by atoms with Crippen molar-refractivity contribution in [2.75, 3.05) is 33.2 Å². The van der Waals surface area contributed by atoms with E-state index in [-0.39, 0.29) is 0 Å². The molecule has 1 aliphatic carbocycles. The largest absolute Gasteiger partial charge is 0.317 e. The van der Waals surface area contributed by atoms with Crippen molar-refractivity contribution in [3.8, 4) is 0 Å². The van der Waals surface area contributed by atoms with E-state index in [1.165, 1.54) is 19.5 Å². The van der Waals surface area contributed by atoms with E-state index in [4.69, 9.17) is 0 Å². The van der Waals surface area contributed by atoms with Crippen LogP contribution in [-0.4, -0.2) is 38.1 Å². The van der Waals surface area contributed by atoms with E-state index in [9.17, 15) is 0 Å². The second-order valence-electron chi connectivity index (χ2n) is 5.11. The van der Waals surface area contributed by atoms with Gasteiger partial charge in [-0.15, -0.1) is 0 Å². The van der Waals surface area contributed by atoms with Crippen LogP contribution in [0.4, 0.5) is 0 Å². The van der Waals surface area contributed by atoms with Gasteiger partial charge in [0.2, 0.25) is 0 Å². The van der Waals surface area contributed by atoms with Gasteiger partial charge in [-0.25, -0.2) is 0 Å². The molecule has 2 heteroatoms. The van der Waals surface area contributed by atoms with Crippen LogP contribution in [0.2, 0.25) is 0 Å². The van der Waals surface area contributed by atoms with E-state index in [0.717, 1.165) is 30.8 Å². The van der Waals surface area contributed by atoms with Gasteiger partial charge in [0, 0.05) is 13.1 Å². The number of hydrogen-bond acceptors (Lipinski definition) is 2. The van der Waals surface area contributed by atoms with Crippen molar-refractivity contribution in [1.82, 2.24) is 10.2 Å². The molecular formula is C12H26N2. The fraction of sp³-hybridized carbons (Fsp3) is 1.00. The lowest BCUT2D eigenvalue weighted by Gasteiger charge is -2.21. The Labute approximate surface area is 89.1 Å². The fourth-order valence-electron chi connectivity index (χ4n) is 2.12. The Bertz CT molecular complexity index is 158. The quantitative estimate of drug-likeness (QED) is 0.671. The number of nitrogens with one attached hydrogen (secondary N) is 1. The highest BCUT2D eigenvalue weighted by Gasteiger charge is 2.33. The van der Waals surface area contributed by atoms with Crippen molar-refractivity contribution in [2.24, 2.45) is 17.8 Å². The lowest BCUT2D eigenvalue weighted by atomic mass is 10.1. The Kier molecular flexibility index (Phi) is 4.90. The summed E-state index contributed by atoms with van der Waals surface area (Å²) in [6.07, 6.45) is 1.45. The van der Waals surface area contributed by atoms with Crippen molar-refractivity contribution >= 4 is 0 Å². The normalized spacial score (nSPS) is 28.1. The average Bonchev–Trinajstić information content (AvgIpc) is 2.77. The summed E-state index contributed by atoms with van der Waals surface area (Å²) in [7, 11) is 2.26. The molecule has 0 aromatic heterocycles. The van der Waals surface area contributed by atoms with E-state index in [0.29, 0.717) is 0 Å². The van der Waals surface area contributed by atoms with Gasteiger partial charge in [0.05, 0.1) is 0 Å². The average molecular weight is 198 g/mol. The van der Waals surface area contributed by atoms with Crippen LogP contribution in [0.15, 0.2) is 0 Å². The third kappa shape index (κ3) is 4.43. The van der Waals surface area contributed by atoms with Crippen molar-refractivity contribution in [3.05, 3.63) is 0 Å². The van der Waals surface area contributed by atoms with E-state index in [1.54, 1.807) is 0 Å². The van der Waals surface area contributed by atoms with Crippen molar-refractivity contribution in [2.45, 2.75) is 27.2 Å². The molecule has 3 atom stereocenters. The van der Waals surface area contributed by atoms with Gasteiger partial charge in [-0.05, 0) is 44.3 Å². The van der Waals surface area contributed by atoms with Gasteiger partial charge in [0.1, 0.15) is 0 Å². The van der Waals surface area contributed by atoms with Crippen LogP contribution in [0.5, 0.6) is 0 Å². The topological polar surface area (TPSA) is 15.3 Å².